The fourth-order valence-corrected chi connectivity index (χ4v) is 2.30. The zero-order valence-electron chi connectivity index (χ0n) is 11.4. The van der Waals surface area contributed by atoms with E-state index in [0.717, 1.165) is 16.1 Å². The summed E-state index contributed by atoms with van der Waals surface area (Å²) in [5.41, 5.74) is 1.89. The first kappa shape index (κ1) is 16.0. The first-order valence-electron chi connectivity index (χ1n) is 6.38. The van der Waals surface area contributed by atoms with Crippen LogP contribution in [-0.4, -0.2) is 21.7 Å². The first-order chi connectivity index (χ1) is 10.5. The minimum atomic E-state index is -1.32. The van der Waals surface area contributed by atoms with Gasteiger partial charge in [0.15, 0.2) is 0 Å². The predicted molar refractivity (Wildman–Crippen MR) is 79.0 cm³/mol. The maximum atomic E-state index is 10.6. The van der Waals surface area contributed by atoms with Gasteiger partial charge in [0, 0.05) is 40.7 Å². The van der Waals surface area contributed by atoms with Gasteiger partial charge in [-0.2, -0.15) is 5.10 Å². The fourth-order valence-electron chi connectivity index (χ4n) is 1.90. The van der Waals surface area contributed by atoms with Crippen LogP contribution in [0.25, 0.3) is 17.3 Å². The smallest absolute Gasteiger partial charge is 0.0995 e. The van der Waals surface area contributed by atoms with E-state index < -0.39 is 11.9 Å². The normalized spacial score (nSPS) is 11.0. The summed E-state index contributed by atoms with van der Waals surface area (Å²) < 4.78 is 2.30. The van der Waals surface area contributed by atoms with E-state index in [2.05, 4.69) is 21.0 Å². The number of halogens is 1. The zero-order valence-corrected chi connectivity index (χ0v) is 12.9. The maximum absolute atomic E-state index is 10.6. The lowest BCUT2D eigenvalue weighted by Gasteiger charge is -2.02. The van der Waals surface area contributed by atoms with E-state index in [1.165, 1.54) is 10.8 Å². The molecule has 0 saturated carbocycles. The van der Waals surface area contributed by atoms with Crippen LogP contribution in [0.5, 0.6) is 0 Å². The number of hydrogen-bond acceptors (Lipinski definition) is 5. The summed E-state index contributed by atoms with van der Waals surface area (Å²) in [7, 11) is 0. The van der Waals surface area contributed by atoms with Crippen LogP contribution in [0, 0.1) is 0 Å². The number of aromatic nitrogens is 2. The number of rotatable bonds is 6. The molecule has 7 heteroatoms. The standard InChI is InChI=1S/C15H13BrN2O4/c16-12-3-1-2-10(8-12)15-11(4-5-13(19)20)9-18(17-15)7-6-14(21)22/h1-5,8-9H,6-7H2,(H,19,20)(H,21,22)/p-2/b5-4+. The van der Waals surface area contributed by atoms with Crippen molar-refractivity contribution in [1.29, 1.82) is 0 Å². The van der Waals surface area contributed by atoms with Gasteiger partial charge in [0.2, 0.25) is 0 Å². The molecule has 6 nitrogen and oxygen atoms in total. The third kappa shape index (κ3) is 4.29. The highest BCUT2D eigenvalue weighted by Crippen LogP contribution is 2.26. The Kier molecular flexibility index (Phi) is 5.11. The van der Waals surface area contributed by atoms with E-state index in [1.54, 1.807) is 6.20 Å². The molecule has 0 spiro atoms. The number of carboxylic acids is 2. The molecule has 114 valence electrons. The molecule has 0 aliphatic heterocycles. The summed E-state index contributed by atoms with van der Waals surface area (Å²) in [6.45, 7) is 0.141. The molecular formula is C15H11BrN2O4-2. The molecule has 0 saturated heterocycles. The van der Waals surface area contributed by atoms with E-state index in [9.17, 15) is 19.8 Å². The lowest BCUT2D eigenvalue weighted by molar-refractivity contribution is -0.306. The van der Waals surface area contributed by atoms with Crippen LogP contribution < -0.4 is 10.2 Å². The van der Waals surface area contributed by atoms with E-state index in [1.807, 2.05) is 24.3 Å². The van der Waals surface area contributed by atoms with E-state index in [4.69, 9.17) is 0 Å². The first-order valence-corrected chi connectivity index (χ1v) is 7.17. The Morgan fingerprint density at radius 1 is 1.32 bits per heavy atom. The van der Waals surface area contributed by atoms with Gasteiger partial charge in [0.05, 0.1) is 11.7 Å². The summed E-state index contributed by atoms with van der Waals surface area (Å²) in [4.78, 5) is 21.1. The average Bonchev–Trinajstić information content (AvgIpc) is 2.86. The molecule has 0 fully saturated rings. The van der Waals surface area contributed by atoms with Gasteiger partial charge in [-0.05, 0) is 24.3 Å². The molecule has 0 aliphatic carbocycles. The molecule has 1 aromatic heterocycles. The van der Waals surface area contributed by atoms with Crippen molar-refractivity contribution in [3.05, 3.63) is 46.6 Å². The molecule has 1 aromatic carbocycles. The number of carbonyl (C=O) groups excluding carboxylic acids is 2. The van der Waals surface area contributed by atoms with Crippen molar-refractivity contribution in [3.63, 3.8) is 0 Å². The van der Waals surface area contributed by atoms with Gasteiger partial charge >= 0.3 is 0 Å². The Hall–Kier alpha value is -2.41. The third-order valence-corrected chi connectivity index (χ3v) is 3.33. The van der Waals surface area contributed by atoms with Gasteiger partial charge in [-0.3, -0.25) is 4.68 Å². The number of aryl methyl sites for hydroxylation is 1. The van der Waals surface area contributed by atoms with Crippen LogP contribution in [0.3, 0.4) is 0 Å². The van der Waals surface area contributed by atoms with Crippen molar-refractivity contribution >= 4 is 33.9 Å². The second-order valence-corrected chi connectivity index (χ2v) is 5.40. The highest BCUT2D eigenvalue weighted by molar-refractivity contribution is 9.10. The number of benzene rings is 1. The van der Waals surface area contributed by atoms with Gasteiger partial charge in [-0.15, -0.1) is 0 Å². The average molecular weight is 363 g/mol. The molecule has 0 amide bonds. The van der Waals surface area contributed by atoms with Crippen LogP contribution in [0.4, 0.5) is 0 Å². The molecule has 2 rings (SSSR count). The Morgan fingerprint density at radius 3 is 2.73 bits per heavy atom. The molecule has 0 N–H and O–H groups in total. The summed E-state index contributed by atoms with van der Waals surface area (Å²) in [6.07, 6.45) is 3.68. The van der Waals surface area contributed by atoms with Crippen molar-refractivity contribution < 1.29 is 19.8 Å². The molecule has 0 aliphatic rings. The number of aliphatic carboxylic acids is 2. The van der Waals surface area contributed by atoms with E-state index >= 15 is 0 Å². The van der Waals surface area contributed by atoms with Gasteiger partial charge in [0.25, 0.3) is 0 Å². The number of carboxylic acid groups (broad SMARTS) is 2. The molecule has 22 heavy (non-hydrogen) atoms. The van der Waals surface area contributed by atoms with Crippen molar-refractivity contribution in [1.82, 2.24) is 9.78 Å². The zero-order chi connectivity index (χ0) is 16.1. The van der Waals surface area contributed by atoms with Crippen LogP contribution in [0.2, 0.25) is 0 Å². The number of hydrogen-bond donors (Lipinski definition) is 0. The molecule has 0 bridgehead atoms. The molecule has 0 unspecified atom stereocenters. The van der Waals surface area contributed by atoms with E-state index in [0.29, 0.717) is 11.3 Å². The Balaban J connectivity index is 2.40. The minimum absolute atomic E-state index is 0.141. The van der Waals surface area contributed by atoms with Crippen LogP contribution in [-0.2, 0) is 16.1 Å². The molecular weight excluding hydrogens is 352 g/mol. The number of nitrogens with zero attached hydrogens (tertiary/aromatic N) is 2. The van der Waals surface area contributed by atoms with Crippen LogP contribution in [0.1, 0.15) is 12.0 Å². The van der Waals surface area contributed by atoms with Crippen LogP contribution >= 0.6 is 15.9 Å². The van der Waals surface area contributed by atoms with Crippen molar-refractivity contribution in [3.8, 4) is 11.3 Å². The maximum Gasteiger partial charge on any atom is 0.0995 e. The van der Waals surface area contributed by atoms with Crippen LogP contribution in [0.15, 0.2) is 41.0 Å². The minimum Gasteiger partial charge on any atom is -0.550 e. The monoisotopic (exact) mass is 362 g/mol. The summed E-state index contributed by atoms with van der Waals surface area (Å²) in [6, 6.07) is 7.34. The second kappa shape index (κ2) is 7.04. The Bertz CT molecular complexity index is 737. The molecule has 2 aromatic rings. The number of carbonyl (C=O) groups is 2. The SMILES string of the molecule is O=C([O-])/C=C/c1cn(CCC(=O)[O-])nc1-c1cccc(Br)c1. The Labute approximate surface area is 134 Å². The van der Waals surface area contributed by atoms with Gasteiger partial charge in [-0.25, -0.2) is 0 Å². The summed E-state index contributed by atoms with van der Waals surface area (Å²) in [5.74, 6) is -2.49. The highest BCUT2D eigenvalue weighted by Gasteiger charge is 2.09. The third-order valence-electron chi connectivity index (χ3n) is 2.83. The topological polar surface area (TPSA) is 98.1 Å². The lowest BCUT2D eigenvalue weighted by Crippen LogP contribution is -2.23. The van der Waals surface area contributed by atoms with Gasteiger partial charge in [0.1, 0.15) is 0 Å². The van der Waals surface area contributed by atoms with Crippen molar-refractivity contribution in [2.75, 3.05) is 0 Å². The Morgan fingerprint density at radius 2 is 2.09 bits per heavy atom. The largest absolute Gasteiger partial charge is 0.550 e. The summed E-state index contributed by atoms with van der Waals surface area (Å²) in [5, 5.41) is 25.4. The van der Waals surface area contributed by atoms with Gasteiger partial charge < -0.3 is 19.8 Å². The van der Waals surface area contributed by atoms with Crippen molar-refractivity contribution in [2.24, 2.45) is 0 Å². The fraction of sp³-hybridized carbons (Fsp3) is 0.133. The molecule has 0 radical (unpaired) electrons. The predicted octanol–water partition coefficient (Wildman–Crippen LogP) is 0.216. The van der Waals surface area contributed by atoms with Crippen molar-refractivity contribution in [2.45, 2.75) is 13.0 Å². The van der Waals surface area contributed by atoms with E-state index in [-0.39, 0.29) is 13.0 Å². The quantitative estimate of drug-likeness (QED) is 0.684. The molecule has 1 heterocycles. The van der Waals surface area contributed by atoms with Gasteiger partial charge in [-0.1, -0.05) is 28.1 Å². The highest BCUT2D eigenvalue weighted by atomic mass is 79.9. The molecule has 0 atom stereocenters. The lowest BCUT2D eigenvalue weighted by atomic mass is 10.1. The second-order valence-electron chi connectivity index (χ2n) is 4.48. The summed E-state index contributed by atoms with van der Waals surface area (Å²) >= 11 is 3.36.